The fraction of sp³-hybridized carbons (Fsp3) is 0.0500. The normalized spacial score (nSPS) is 12.4. The van der Waals surface area contributed by atoms with Gasteiger partial charge in [-0.3, -0.25) is 4.98 Å². The Morgan fingerprint density at radius 1 is 1.00 bits per heavy atom. The smallest absolute Gasteiger partial charge is 0.334 e. The molecule has 0 atom stereocenters. The first-order valence-electron chi connectivity index (χ1n) is 8.43. The summed E-state index contributed by atoms with van der Waals surface area (Å²) in [5.74, 6) is 0. The zero-order chi connectivity index (χ0) is 18.5. The minimum Gasteiger partial charge on any atom is -0.334 e. The highest BCUT2D eigenvalue weighted by molar-refractivity contribution is 7.99. The lowest BCUT2D eigenvalue weighted by Gasteiger charge is -2.31. The van der Waals surface area contributed by atoms with Crippen LogP contribution < -0.4 is 15.6 Å². The summed E-state index contributed by atoms with van der Waals surface area (Å²) in [7, 11) is 0. The van der Waals surface area contributed by atoms with E-state index in [9.17, 15) is 4.79 Å². The van der Waals surface area contributed by atoms with Crippen molar-refractivity contribution in [1.29, 1.82) is 0 Å². The standard InChI is InChI=1S/C20H17N5OS/c26-20(23-15-9-11-21-12-10-15)24-22-13-14-25-16-5-1-3-7-18(16)27-19-8-4-2-6-17(19)25/h1-13H,14H2,(H2,21,23,24,26)/b22-13+. The van der Waals surface area contributed by atoms with Crippen molar-refractivity contribution in [2.75, 3.05) is 16.8 Å². The SMILES string of the molecule is O=C(N/N=C/CN1c2ccccc2Sc2ccccc21)Nc1ccncc1. The number of anilines is 3. The number of nitrogens with one attached hydrogen (secondary N) is 2. The van der Waals surface area contributed by atoms with Gasteiger partial charge in [0.25, 0.3) is 0 Å². The van der Waals surface area contributed by atoms with E-state index in [4.69, 9.17) is 0 Å². The molecule has 2 N–H and O–H groups in total. The van der Waals surface area contributed by atoms with Crippen molar-refractivity contribution < 1.29 is 4.79 Å². The number of hydrogen-bond acceptors (Lipinski definition) is 5. The third-order valence-corrected chi connectivity index (χ3v) is 5.12. The number of para-hydroxylation sites is 2. The minimum atomic E-state index is -0.396. The molecule has 2 heterocycles. The lowest BCUT2D eigenvalue weighted by molar-refractivity contribution is 0.252. The van der Waals surface area contributed by atoms with Gasteiger partial charge in [-0.1, -0.05) is 36.0 Å². The lowest BCUT2D eigenvalue weighted by atomic mass is 10.2. The maximum atomic E-state index is 11.9. The number of fused-ring (bicyclic) bond motifs is 2. The molecule has 1 aromatic heterocycles. The summed E-state index contributed by atoms with van der Waals surface area (Å²) in [6.45, 7) is 0.546. The first kappa shape index (κ1) is 17.1. The van der Waals surface area contributed by atoms with E-state index in [1.54, 1.807) is 42.5 Å². The van der Waals surface area contributed by atoms with Crippen LogP contribution in [-0.2, 0) is 0 Å². The Balaban J connectivity index is 1.44. The summed E-state index contributed by atoms with van der Waals surface area (Å²) in [6.07, 6.45) is 4.92. The van der Waals surface area contributed by atoms with Gasteiger partial charge in [0, 0.05) is 34.1 Å². The number of hydrogen-bond donors (Lipinski definition) is 2. The van der Waals surface area contributed by atoms with E-state index in [-0.39, 0.29) is 0 Å². The third-order valence-electron chi connectivity index (χ3n) is 3.99. The van der Waals surface area contributed by atoms with E-state index in [1.165, 1.54) is 9.79 Å². The van der Waals surface area contributed by atoms with Crippen LogP contribution in [-0.4, -0.2) is 23.8 Å². The molecule has 2 aromatic carbocycles. The van der Waals surface area contributed by atoms with Gasteiger partial charge in [-0.15, -0.1) is 0 Å². The maximum absolute atomic E-state index is 11.9. The number of nitrogens with zero attached hydrogens (tertiary/aromatic N) is 3. The minimum absolute atomic E-state index is 0.396. The largest absolute Gasteiger partial charge is 0.339 e. The third kappa shape index (κ3) is 3.93. The monoisotopic (exact) mass is 375 g/mol. The van der Waals surface area contributed by atoms with Crippen molar-refractivity contribution in [3.63, 3.8) is 0 Å². The van der Waals surface area contributed by atoms with Gasteiger partial charge in [0.15, 0.2) is 0 Å². The predicted octanol–water partition coefficient (Wildman–Crippen LogP) is 4.49. The molecule has 0 fully saturated rings. The molecule has 0 saturated heterocycles. The number of pyridine rings is 1. The van der Waals surface area contributed by atoms with Gasteiger partial charge in [-0.2, -0.15) is 5.10 Å². The predicted molar refractivity (Wildman–Crippen MR) is 109 cm³/mol. The van der Waals surface area contributed by atoms with Crippen molar-refractivity contribution >= 4 is 41.1 Å². The number of amides is 2. The molecule has 3 aromatic rings. The van der Waals surface area contributed by atoms with Crippen molar-refractivity contribution in [3.05, 3.63) is 73.1 Å². The quantitative estimate of drug-likeness (QED) is 0.521. The lowest BCUT2D eigenvalue weighted by Crippen LogP contribution is -2.26. The average molecular weight is 375 g/mol. The zero-order valence-electron chi connectivity index (χ0n) is 14.4. The first-order valence-corrected chi connectivity index (χ1v) is 9.25. The average Bonchev–Trinajstić information content (AvgIpc) is 2.71. The van der Waals surface area contributed by atoms with Gasteiger partial charge >= 0.3 is 6.03 Å². The Morgan fingerprint density at radius 2 is 1.63 bits per heavy atom. The van der Waals surface area contributed by atoms with Crippen LogP contribution in [0.4, 0.5) is 21.9 Å². The van der Waals surface area contributed by atoms with Crippen LogP contribution >= 0.6 is 11.8 Å². The molecule has 0 unspecified atom stereocenters. The Hall–Kier alpha value is -3.32. The van der Waals surface area contributed by atoms with Crippen molar-refractivity contribution in [2.45, 2.75) is 9.79 Å². The zero-order valence-corrected chi connectivity index (χ0v) is 15.2. The van der Waals surface area contributed by atoms with E-state index in [2.05, 4.69) is 50.0 Å². The van der Waals surface area contributed by atoms with Crippen LogP contribution in [0, 0.1) is 0 Å². The van der Waals surface area contributed by atoms with Gasteiger partial charge in [0.05, 0.1) is 17.9 Å². The molecule has 1 aliphatic heterocycles. The molecule has 6 nitrogen and oxygen atoms in total. The fourth-order valence-corrected chi connectivity index (χ4v) is 3.89. The van der Waals surface area contributed by atoms with Crippen LogP contribution in [0.25, 0.3) is 0 Å². The number of benzene rings is 2. The molecule has 0 bridgehead atoms. The highest BCUT2D eigenvalue weighted by Crippen LogP contribution is 2.47. The number of rotatable bonds is 4. The van der Waals surface area contributed by atoms with Crippen LogP contribution in [0.3, 0.4) is 0 Å². The molecule has 0 aliphatic carbocycles. The van der Waals surface area contributed by atoms with Crippen LogP contribution in [0.1, 0.15) is 0 Å². The van der Waals surface area contributed by atoms with Gasteiger partial charge in [-0.05, 0) is 36.4 Å². The molecule has 1 aliphatic rings. The highest BCUT2D eigenvalue weighted by atomic mass is 32.2. The Bertz CT molecular complexity index is 931. The summed E-state index contributed by atoms with van der Waals surface area (Å²) in [5, 5.41) is 6.75. The molecule has 4 rings (SSSR count). The Morgan fingerprint density at radius 3 is 2.30 bits per heavy atom. The molecule has 27 heavy (non-hydrogen) atoms. The van der Waals surface area contributed by atoms with Gasteiger partial charge in [0.2, 0.25) is 0 Å². The second-order valence-corrected chi connectivity index (χ2v) is 6.85. The van der Waals surface area contributed by atoms with E-state index in [0.717, 1.165) is 11.4 Å². The molecule has 7 heteroatoms. The van der Waals surface area contributed by atoms with E-state index >= 15 is 0 Å². The molecule has 0 radical (unpaired) electrons. The van der Waals surface area contributed by atoms with Gasteiger partial charge in [0.1, 0.15) is 0 Å². The van der Waals surface area contributed by atoms with E-state index in [1.807, 2.05) is 24.3 Å². The molecule has 134 valence electrons. The van der Waals surface area contributed by atoms with Crippen molar-refractivity contribution in [2.24, 2.45) is 5.10 Å². The van der Waals surface area contributed by atoms with Crippen molar-refractivity contribution in [1.82, 2.24) is 10.4 Å². The Labute approximate surface area is 161 Å². The summed E-state index contributed by atoms with van der Waals surface area (Å²) >= 11 is 1.76. The van der Waals surface area contributed by atoms with Gasteiger partial charge in [-0.25, -0.2) is 10.2 Å². The van der Waals surface area contributed by atoms with Gasteiger partial charge < -0.3 is 10.2 Å². The maximum Gasteiger partial charge on any atom is 0.339 e. The van der Waals surface area contributed by atoms with E-state index in [0.29, 0.717) is 12.2 Å². The molecule has 0 spiro atoms. The number of hydrazone groups is 1. The molecular formula is C20H17N5OS. The fourth-order valence-electron chi connectivity index (χ4n) is 2.80. The molecule has 0 saturated carbocycles. The number of carbonyl (C=O) groups excluding carboxylic acids is 1. The molecular weight excluding hydrogens is 358 g/mol. The second kappa shape index (κ2) is 7.92. The second-order valence-electron chi connectivity index (χ2n) is 5.76. The van der Waals surface area contributed by atoms with Crippen molar-refractivity contribution in [3.8, 4) is 0 Å². The Kier molecular flexibility index (Phi) is 5.02. The van der Waals surface area contributed by atoms with Crippen LogP contribution in [0.15, 0.2) is 87.9 Å². The first-order chi connectivity index (χ1) is 13.3. The number of carbonyl (C=O) groups is 1. The van der Waals surface area contributed by atoms with Crippen LogP contribution in [0.2, 0.25) is 0 Å². The summed E-state index contributed by atoms with van der Waals surface area (Å²) in [4.78, 5) is 20.4. The topological polar surface area (TPSA) is 69.6 Å². The summed E-state index contributed by atoms with van der Waals surface area (Å²) in [5.41, 5.74) is 5.41. The highest BCUT2D eigenvalue weighted by Gasteiger charge is 2.21. The summed E-state index contributed by atoms with van der Waals surface area (Å²) < 4.78 is 0. The number of aromatic nitrogens is 1. The molecule has 2 amide bonds. The number of urea groups is 1. The van der Waals surface area contributed by atoms with Crippen LogP contribution in [0.5, 0.6) is 0 Å². The summed E-state index contributed by atoms with van der Waals surface area (Å²) in [6, 6.07) is 19.6. The van der Waals surface area contributed by atoms with E-state index < -0.39 is 6.03 Å².